The number of allylic oxidation sites excluding steroid dienone is 4. The number of aliphatic imine (C=N–C) groups is 1. The zero-order valence-electron chi connectivity index (χ0n) is 41.1. The molecule has 4 aromatic carbocycles. The van der Waals surface area contributed by atoms with Gasteiger partial charge in [0.1, 0.15) is 4.90 Å². The number of aryl methyl sites for hydroxylation is 3. The first-order chi connectivity index (χ1) is 34.3. The van der Waals surface area contributed by atoms with Gasteiger partial charge in [-0.15, -0.1) is 0 Å². The molecule has 26 heteroatoms. The van der Waals surface area contributed by atoms with Crippen molar-refractivity contribution < 1.29 is 74.4 Å². The fraction of sp³-hybridized carbons (Fsp3) is 0.396. The molecule has 2 amide bonds. The summed E-state index contributed by atoms with van der Waals surface area (Å²) in [6.45, 7) is 7.69. The average Bonchev–Trinajstić information content (AvgIpc) is 3.29. The topological polar surface area (TPSA) is 337 Å². The molecule has 1 aliphatic heterocycles. The Hall–Kier alpha value is -5.42. The van der Waals surface area contributed by atoms with Gasteiger partial charge in [0.25, 0.3) is 56.5 Å². The molecule has 74 heavy (non-hydrogen) atoms. The quantitative estimate of drug-likeness (QED) is 0.0196. The average molecular weight is 1130 g/mol. The summed E-state index contributed by atoms with van der Waals surface area (Å²) in [6, 6.07) is 13.0. The second-order valence-electron chi connectivity index (χ2n) is 18.0. The number of fused-ring (bicyclic) bond motifs is 2. The van der Waals surface area contributed by atoms with Gasteiger partial charge in [-0.05, 0) is 147 Å². The molecule has 5 rings (SSSR count). The molecule has 0 bridgehead atoms. The van der Waals surface area contributed by atoms with Crippen LogP contribution in [-0.4, -0.2) is 118 Å². The Balaban J connectivity index is 1.36. The van der Waals surface area contributed by atoms with Crippen molar-refractivity contribution in [2.24, 2.45) is 4.99 Å². The van der Waals surface area contributed by atoms with Gasteiger partial charge in [-0.2, -0.15) is 42.1 Å². The van der Waals surface area contributed by atoms with Gasteiger partial charge in [-0.1, -0.05) is 36.8 Å². The molecule has 404 valence electrons. The second-order valence-corrected chi connectivity index (χ2v) is 25.3. The maximum Gasteiger partial charge on any atom is 0.295 e. The minimum absolute atomic E-state index is 0.0296. The molecule has 21 nitrogen and oxygen atoms in total. The van der Waals surface area contributed by atoms with Gasteiger partial charge in [-0.3, -0.25) is 37.3 Å². The van der Waals surface area contributed by atoms with E-state index in [-0.39, 0.29) is 92.6 Å². The Morgan fingerprint density at radius 1 is 0.716 bits per heavy atom. The van der Waals surface area contributed by atoms with Crippen LogP contribution in [0.1, 0.15) is 95.6 Å². The maximum atomic E-state index is 13.6. The van der Waals surface area contributed by atoms with E-state index in [1.165, 1.54) is 17.0 Å². The SMILES string of the molecule is C/C(=C\C=C\C(CCCS(=O)(=O)O)=NCCCS(=O)(=O)O)N(CCCCCC(=O)N1CCc2cc(C(=O)NCc3ccc(C)c(C)c3)cc(S(=O)(=O)O)c2C1)c1ccc2c(S(=O)(=O)O)cc(S(=O)(=O)O)cc2c1C. The van der Waals surface area contributed by atoms with Crippen molar-refractivity contribution in [3.05, 3.63) is 117 Å². The van der Waals surface area contributed by atoms with Crippen LogP contribution in [0, 0.1) is 20.8 Å². The van der Waals surface area contributed by atoms with E-state index in [2.05, 4.69) is 10.3 Å². The summed E-state index contributed by atoms with van der Waals surface area (Å²) in [5.41, 5.74) is 5.40. The van der Waals surface area contributed by atoms with Gasteiger partial charge in [0, 0.05) is 67.2 Å². The van der Waals surface area contributed by atoms with Crippen LogP contribution in [0.15, 0.2) is 98.2 Å². The number of anilines is 1. The number of unbranched alkanes of at least 4 members (excludes halogenated alkanes) is 2. The first-order valence-electron chi connectivity index (χ1n) is 23.2. The number of carbonyl (C=O) groups is 2. The van der Waals surface area contributed by atoms with Crippen LogP contribution in [0.5, 0.6) is 0 Å². The lowest BCUT2D eigenvalue weighted by Gasteiger charge is -2.30. The highest BCUT2D eigenvalue weighted by Crippen LogP contribution is 2.36. The van der Waals surface area contributed by atoms with Gasteiger partial charge in [0.15, 0.2) is 0 Å². The Labute approximate surface area is 432 Å². The zero-order chi connectivity index (χ0) is 55.0. The van der Waals surface area contributed by atoms with Crippen molar-refractivity contribution in [1.82, 2.24) is 10.2 Å². The van der Waals surface area contributed by atoms with E-state index in [9.17, 15) is 69.9 Å². The monoisotopic (exact) mass is 1120 g/mol. The highest BCUT2D eigenvalue weighted by molar-refractivity contribution is 7.87. The summed E-state index contributed by atoms with van der Waals surface area (Å²) < 4.78 is 169. The first kappa shape index (κ1) is 59.5. The number of nitrogens with one attached hydrogen (secondary N) is 1. The highest BCUT2D eigenvalue weighted by Gasteiger charge is 2.29. The second kappa shape index (κ2) is 24.5. The van der Waals surface area contributed by atoms with E-state index in [1.807, 2.05) is 36.9 Å². The molecule has 0 radical (unpaired) electrons. The van der Waals surface area contributed by atoms with Crippen molar-refractivity contribution in [1.29, 1.82) is 0 Å². The van der Waals surface area contributed by atoms with E-state index >= 15 is 0 Å². The lowest BCUT2D eigenvalue weighted by atomic mass is 9.96. The number of carbonyl (C=O) groups excluding carboxylic acids is 2. The van der Waals surface area contributed by atoms with E-state index < -0.39 is 82.7 Å². The molecule has 0 atom stereocenters. The molecule has 0 fully saturated rings. The summed E-state index contributed by atoms with van der Waals surface area (Å²) in [7, 11) is -23.3. The Morgan fingerprint density at radius 3 is 2.03 bits per heavy atom. The Morgan fingerprint density at radius 2 is 1.39 bits per heavy atom. The van der Waals surface area contributed by atoms with E-state index in [0.29, 0.717) is 53.6 Å². The van der Waals surface area contributed by atoms with Crippen LogP contribution >= 0.6 is 0 Å². The minimum atomic E-state index is -5.00. The molecule has 0 aromatic heterocycles. The van der Waals surface area contributed by atoms with Crippen LogP contribution in [0.25, 0.3) is 10.8 Å². The number of hydrogen-bond acceptors (Lipinski definition) is 14. The predicted molar refractivity (Wildman–Crippen MR) is 278 cm³/mol. The smallest absolute Gasteiger partial charge is 0.295 e. The van der Waals surface area contributed by atoms with Gasteiger partial charge in [-0.25, -0.2) is 0 Å². The summed E-state index contributed by atoms with van der Waals surface area (Å²) >= 11 is 0. The van der Waals surface area contributed by atoms with Crippen LogP contribution < -0.4 is 10.2 Å². The van der Waals surface area contributed by atoms with Crippen molar-refractivity contribution in [3.63, 3.8) is 0 Å². The molecule has 1 aliphatic rings. The maximum absolute atomic E-state index is 13.6. The largest absolute Gasteiger partial charge is 0.348 e. The van der Waals surface area contributed by atoms with Crippen LogP contribution in [0.2, 0.25) is 0 Å². The summed E-state index contributed by atoms with van der Waals surface area (Å²) in [5, 5.41) is 2.82. The fourth-order valence-corrected chi connectivity index (χ4v) is 11.6. The number of rotatable bonds is 24. The third-order valence-electron chi connectivity index (χ3n) is 12.4. The van der Waals surface area contributed by atoms with Crippen LogP contribution in [-0.2, 0) is 74.9 Å². The molecule has 0 saturated heterocycles. The molecule has 4 aromatic rings. The summed E-state index contributed by atoms with van der Waals surface area (Å²) in [4.78, 5) is 32.5. The first-order valence-corrected chi connectivity index (χ1v) is 30.7. The van der Waals surface area contributed by atoms with Gasteiger partial charge in [0.05, 0.1) is 21.3 Å². The third-order valence-corrected chi connectivity index (χ3v) is 16.7. The number of benzene rings is 4. The standard InChI is InChI=1S/C48H60N4O17S5/c1-32-15-16-36(25-33(32)2)30-50-48(54)38-26-37-19-22-51(31-43(37)45(27-38)73(64,65)66)47(53)14-6-5-7-21-52(34(3)11-8-12-39(13-9-23-70(55,56)57)49-20-10-24-71(58,59)60)44-18-17-41-42(35(44)4)28-40(72(61,62)63)29-46(41)74(67,68)69/h8,11-12,15-18,25-29H,5-7,9-10,13-14,19-24,30-31H2,1-4H3,(H,50,54)(H,55,56,57)(H,58,59,60)(H,61,62,63)(H,64,65,66)(H,67,68,69)/b12-8+,34-11+,49-39?. The van der Waals surface area contributed by atoms with Crippen LogP contribution in [0.3, 0.4) is 0 Å². The van der Waals surface area contributed by atoms with E-state index in [1.54, 1.807) is 38.1 Å². The molecular weight excluding hydrogens is 1060 g/mol. The van der Waals surface area contributed by atoms with E-state index in [4.69, 9.17) is 4.55 Å². The van der Waals surface area contributed by atoms with Gasteiger partial charge >= 0.3 is 0 Å². The third kappa shape index (κ3) is 17.1. The molecular formula is C48H60N4O17S5. The lowest BCUT2D eigenvalue weighted by Crippen LogP contribution is -2.37. The number of hydrogen-bond donors (Lipinski definition) is 6. The minimum Gasteiger partial charge on any atom is -0.348 e. The van der Waals surface area contributed by atoms with Gasteiger partial charge < -0.3 is 15.1 Å². The predicted octanol–water partition coefficient (Wildman–Crippen LogP) is 6.23. The molecule has 0 saturated carbocycles. The molecule has 1 heterocycles. The van der Waals surface area contributed by atoms with E-state index in [0.717, 1.165) is 28.8 Å². The number of nitrogens with zero attached hydrogens (tertiary/aromatic N) is 3. The normalized spacial score (nSPS) is 14.1. The zero-order valence-corrected chi connectivity index (χ0v) is 45.1. The molecule has 0 unspecified atom stereocenters. The lowest BCUT2D eigenvalue weighted by molar-refractivity contribution is -0.132. The Kier molecular flexibility index (Phi) is 19.7. The highest BCUT2D eigenvalue weighted by atomic mass is 32.2. The summed E-state index contributed by atoms with van der Waals surface area (Å²) in [6.07, 6.45) is 6.30. The van der Waals surface area contributed by atoms with Crippen molar-refractivity contribution >= 4 is 84.6 Å². The molecule has 0 aliphatic carbocycles. The fourth-order valence-electron chi connectivity index (χ4n) is 8.44. The number of amides is 2. The van der Waals surface area contributed by atoms with Crippen molar-refractivity contribution in [2.45, 2.75) is 107 Å². The van der Waals surface area contributed by atoms with Gasteiger partial charge in [0.2, 0.25) is 5.91 Å². The summed E-state index contributed by atoms with van der Waals surface area (Å²) in [5.74, 6) is -1.96. The molecule has 6 N–H and O–H groups in total. The van der Waals surface area contributed by atoms with Crippen molar-refractivity contribution in [3.8, 4) is 0 Å². The Bertz CT molecular complexity index is 3480. The van der Waals surface area contributed by atoms with Crippen molar-refractivity contribution in [2.75, 3.05) is 36.0 Å². The molecule has 0 spiro atoms. The van der Waals surface area contributed by atoms with Crippen LogP contribution in [0.4, 0.5) is 5.69 Å².